The minimum atomic E-state index is 0.0136. The maximum Gasteiger partial charge on any atom is 0.224 e. The Labute approximate surface area is 142 Å². The first-order valence-corrected chi connectivity index (χ1v) is 8.10. The summed E-state index contributed by atoms with van der Waals surface area (Å²) in [6.07, 6.45) is 3.29. The lowest BCUT2D eigenvalue weighted by molar-refractivity contribution is -0.120. The zero-order valence-corrected chi connectivity index (χ0v) is 14.1. The smallest absolute Gasteiger partial charge is 0.224 e. The van der Waals surface area contributed by atoms with Crippen molar-refractivity contribution in [2.75, 3.05) is 13.7 Å². The van der Waals surface area contributed by atoms with Crippen molar-refractivity contribution in [3.63, 3.8) is 0 Å². The highest BCUT2D eigenvalue weighted by molar-refractivity contribution is 5.84. The maximum absolute atomic E-state index is 12.2. The van der Waals surface area contributed by atoms with Crippen molar-refractivity contribution in [2.45, 2.75) is 12.8 Å². The average molecular weight is 322 g/mol. The number of para-hydroxylation sites is 2. The predicted octanol–water partition coefficient (Wildman–Crippen LogP) is 3.09. The highest BCUT2D eigenvalue weighted by Crippen LogP contribution is 2.20. The molecule has 0 saturated heterocycles. The number of benzene rings is 2. The van der Waals surface area contributed by atoms with Crippen LogP contribution in [-0.4, -0.2) is 24.1 Å². The molecular weight excluding hydrogens is 300 g/mol. The summed E-state index contributed by atoms with van der Waals surface area (Å²) in [5.74, 6) is 0.765. The summed E-state index contributed by atoms with van der Waals surface area (Å²) in [6, 6.07) is 15.9. The summed E-state index contributed by atoms with van der Waals surface area (Å²) in [5, 5.41) is 4.25. The first-order valence-electron chi connectivity index (χ1n) is 8.10. The molecule has 1 aromatic heterocycles. The standard InChI is InChI=1S/C20H22N2O2/c1-22-14-16(17-8-4-5-9-18(17)22)11-12-21-20(23)13-15-7-3-6-10-19(15)24-2/h3-10,14H,11-13H2,1-2H3,(H,21,23). The largest absolute Gasteiger partial charge is 0.496 e. The van der Waals surface area contributed by atoms with Gasteiger partial charge in [0.25, 0.3) is 0 Å². The van der Waals surface area contributed by atoms with Gasteiger partial charge in [-0.15, -0.1) is 0 Å². The van der Waals surface area contributed by atoms with E-state index in [1.54, 1.807) is 7.11 Å². The number of aryl methyl sites for hydroxylation is 1. The van der Waals surface area contributed by atoms with Gasteiger partial charge in [0.15, 0.2) is 0 Å². The van der Waals surface area contributed by atoms with E-state index in [2.05, 4.69) is 28.2 Å². The van der Waals surface area contributed by atoms with E-state index in [9.17, 15) is 4.79 Å². The van der Waals surface area contributed by atoms with Crippen molar-refractivity contribution in [1.29, 1.82) is 0 Å². The summed E-state index contributed by atoms with van der Waals surface area (Å²) in [7, 11) is 3.67. The van der Waals surface area contributed by atoms with Crippen LogP contribution in [-0.2, 0) is 24.7 Å². The summed E-state index contributed by atoms with van der Waals surface area (Å²) in [5.41, 5.74) is 3.38. The lowest BCUT2D eigenvalue weighted by Gasteiger charge is -2.08. The normalized spacial score (nSPS) is 10.8. The molecule has 3 aromatic rings. The van der Waals surface area contributed by atoms with Crippen molar-refractivity contribution in [3.05, 3.63) is 65.9 Å². The molecule has 4 nitrogen and oxygen atoms in total. The molecule has 0 bridgehead atoms. The van der Waals surface area contributed by atoms with Crippen molar-refractivity contribution in [3.8, 4) is 5.75 Å². The topological polar surface area (TPSA) is 43.3 Å². The Bertz CT molecular complexity index is 852. The number of carbonyl (C=O) groups excluding carboxylic acids is 1. The molecule has 0 aliphatic heterocycles. The number of methoxy groups -OCH3 is 1. The molecule has 0 unspecified atom stereocenters. The monoisotopic (exact) mass is 322 g/mol. The van der Waals surface area contributed by atoms with Crippen LogP contribution in [0.15, 0.2) is 54.7 Å². The van der Waals surface area contributed by atoms with Crippen LogP contribution in [0.3, 0.4) is 0 Å². The van der Waals surface area contributed by atoms with Gasteiger partial charge in [-0.25, -0.2) is 0 Å². The van der Waals surface area contributed by atoms with Crippen LogP contribution in [0.1, 0.15) is 11.1 Å². The summed E-state index contributed by atoms with van der Waals surface area (Å²) >= 11 is 0. The second kappa shape index (κ2) is 7.21. The quantitative estimate of drug-likeness (QED) is 0.758. The van der Waals surface area contributed by atoms with Crippen molar-refractivity contribution >= 4 is 16.8 Å². The Morgan fingerprint density at radius 2 is 1.83 bits per heavy atom. The van der Waals surface area contributed by atoms with Crippen LogP contribution in [0.5, 0.6) is 5.75 Å². The summed E-state index contributed by atoms with van der Waals surface area (Å²) in [4.78, 5) is 12.2. The second-order valence-electron chi connectivity index (χ2n) is 5.87. The van der Waals surface area contributed by atoms with Crippen LogP contribution >= 0.6 is 0 Å². The first kappa shape index (κ1) is 16.1. The fraction of sp³-hybridized carbons (Fsp3) is 0.250. The number of fused-ring (bicyclic) bond motifs is 1. The van der Waals surface area contributed by atoms with Crippen LogP contribution in [0, 0.1) is 0 Å². The second-order valence-corrected chi connectivity index (χ2v) is 5.87. The van der Waals surface area contributed by atoms with E-state index in [0.29, 0.717) is 13.0 Å². The number of hydrogen-bond acceptors (Lipinski definition) is 2. The first-order chi connectivity index (χ1) is 11.7. The van der Waals surface area contributed by atoms with E-state index in [4.69, 9.17) is 4.74 Å². The van der Waals surface area contributed by atoms with Gasteiger partial charge in [-0.3, -0.25) is 4.79 Å². The van der Waals surface area contributed by atoms with Gasteiger partial charge >= 0.3 is 0 Å². The number of aromatic nitrogens is 1. The third kappa shape index (κ3) is 3.43. The average Bonchev–Trinajstić information content (AvgIpc) is 2.92. The highest BCUT2D eigenvalue weighted by atomic mass is 16.5. The van der Waals surface area contributed by atoms with Crippen molar-refractivity contribution in [2.24, 2.45) is 7.05 Å². The summed E-state index contributed by atoms with van der Waals surface area (Å²) < 4.78 is 7.41. The molecule has 0 aliphatic rings. The molecule has 0 fully saturated rings. The van der Waals surface area contributed by atoms with Gasteiger partial charge < -0.3 is 14.6 Å². The molecule has 0 radical (unpaired) electrons. The SMILES string of the molecule is COc1ccccc1CC(=O)NCCc1cn(C)c2ccccc12. The van der Waals surface area contributed by atoms with Crippen LogP contribution in [0.2, 0.25) is 0 Å². The molecule has 4 heteroatoms. The van der Waals surface area contributed by atoms with E-state index >= 15 is 0 Å². The van der Waals surface area contributed by atoms with Gasteiger partial charge in [0.1, 0.15) is 5.75 Å². The predicted molar refractivity (Wildman–Crippen MR) is 96.3 cm³/mol. The lowest BCUT2D eigenvalue weighted by Crippen LogP contribution is -2.27. The maximum atomic E-state index is 12.2. The number of amides is 1. The molecule has 1 amide bonds. The van der Waals surface area contributed by atoms with Crippen molar-refractivity contribution < 1.29 is 9.53 Å². The molecule has 0 aliphatic carbocycles. The zero-order chi connectivity index (χ0) is 16.9. The third-order valence-corrected chi connectivity index (χ3v) is 4.24. The molecule has 24 heavy (non-hydrogen) atoms. The lowest BCUT2D eigenvalue weighted by atomic mass is 10.1. The molecular formula is C20H22N2O2. The third-order valence-electron chi connectivity index (χ3n) is 4.24. The number of nitrogens with one attached hydrogen (secondary N) is 1. The van der Waals surface area contributed by atoms with Gasteiger partial charge in [0, 0.05) is 36.3 Å². The number of carbonyl (C=O) groups is 1. The minimum absolute atomic E-state index is 0.0136. The molecule has 3 rings (SSSR count). The zero-order valence-electron chi connectivity index (χ0n) is 14.1. The van der Waals surface area contributed by atoms with E-state index in [0.717, 1.165) is 17.7 Å². The van der Waals surface area contributed by atoms with Crippen LogP contribution < -0.4 is 10.1 Å². The van der Waals surface area contributed by atoms with E-state index < -0.39 is 0 Å². The van der Waals surface area contributed by atoms with E-state index in [1.165, 1.54) is 16.5 Å². The molecule has 1 N–H and O–H groups in total. The van der Waals surface area contributed by atoms with Crippen molar-refractivity contribution in [1.82, 2.24) is 9.88 Å². The van der Waals surface area contributed by atoms with Crippen LogP contribution in [0.4, 0.5) is 0 Å². The fourth-order valence-electron chi connectivity index (χ4n) is 3.05. The molecule has 0 saturated carbocycles. The number of hydrogen-bond donors (Lipinski definition) is 1. The Balaban J connectivity index is 1.59. The molecule has 1 heterocycles. The number of ether oxygens (including phenoxy) is 1. The Morgan fingerprint density at radius 3 is 2.67 bits per heavy atom. The summed E-state index contributed by atoms with van der Waals surface area (Å²) in [6.45, 7) is 0.627. The minimum Gasteiger partial charge on any atom is -0.496 e. The Morgan fingerprint density at radius 1 is 1.08 bits per heavy atom. The number of nitrogens with zero attached hydrogens (tertiary/aromatic N) is 1. The van der Waals surface area contributed by atoms with E-state index in [1.807, 2.05) is 43.4 Å². The van der Waals surface area contributed by atoms with Gasteiger partial charge in [-0.05, 0) is 24.1 Å². The molecule has 0 atom stereocenters. The van der Waals surface area contributed by atoms with Crippen LogP contribution in [0.25, 0.3) is 10.9 Å². The highest BCUT2D eigenvalue weighted by Gasteiger charge is 2.09. The van der Waals surface area contributed by atoms with Gasteiger partial charge in [0.05, 0.1) is 13.5 Å². The van der Waals surface area contributed by atoms with Gasteiger partial charge in [0.2, 0.25) is 5.91 Å². The fourth-order valence-corrected chi connectivity index (χ4v) is 3.05. The molecule has 0 spiro atoms. The van der Waals surface area contributed by atoms with Gasteiger partial charge in [-0.1, -0.05) is 36.4 Å². The Hall–Kier alpha value is -2.75. The van der Waals surface area contributed by atoms with Gasteiger partial charge in [-0.2, -0.15) is 0 Å². The number of rotatable bonds is 6. The molecule has 2 aromatic carbocycles. The Kier molecular flexibility index (Phi) is 4.85. The van der Waals surface area contributed by atoms with E-state index in [-0.39, 0.29) is 5.91 Å². The molecule has 124 valence electrons.